The normalized spacial score (nSPS) is 23.2. The Balaban J connectivity index is 1.20. The predicted octanol–water partition coefficient (Wildman–Crippen LogP) is 4.52. The van der Waals surface area contributed by atoms with E-state index in [2.05, 4.69) is 27.1 Å². The average molecular weight is 566 g/mol. The lowest BCUT2D eigenvalue weighted by Crippen LogP contribution is -2.52. The second-order valence-electron chi connectivity index (χ2n) is 11.1. The standard InChI is InChI=1S/C31H37F2N5O3/c1-20-13-16-38(37-20)24-9-7-21(8-10-24)29(39)36-27-11-14-31(32,33)18-25(27)30(40)34-15-12-23-17-22-5-3-4-6-26(22)35-28(23)19-41-2/h3-10,13,16,23,25,27-28,35H,11-12,14-15,17-19H2,1-2H3,(H,34,40)(H,36,39)/t23-,25-,27+,28-/m0/s1. The number of hydrogen-bond donors (Lipinski definition) is 3. The van der Waals surface area contributed by atoms with Gasteiger partial charge in [-0.15, -0.1) is 0 Å². The number of carbonyl (C=O) groups is 2. The van der Waals surface area contributed by atoms with E-state index in [4.69, 9.17) is 4.74 Å². The van der Waals surface area contributed by atoms with E-state index in [0.29, 0.717) is 25.1 Å². The molecular weight excluding hydrogens is 528 g/mol. The first-order valence-electron chi connectivity index (χ1n) is 14.1. The van der Waals surface area contributed by atoms with E-state index in [-0.39, 0.29) is 24.8 Å². The van der Waals surface area contributed by atoms with Crippen LogP contribution in [0.4, 0.5) is 14.5 Å². The lowest BCUT2D eigenvalue weighted by atomic mass is 9.81. The number of anilines is 1. The number of benzene rings is 2. The predicted molar refractivity (Wildman–Crippen MR) is 152 cm³/mol. The van der Waals surface area contributed by atoms with Crippen LogP contribution in [0, 0.1) is 18.8 Å². The van der Waals surface area contributed by atoms with Gasteiger partial charge in [0.15, 0.2) is 0 Å². The summed E-state index contributed by atoms with van der Waals surface area (Å²) >= 11 is 0. The zero-order valence-corrected chi connectivity index (χ0v) is 23.4. The molecule has 2 heterocycles. The lowest BCUT2D eigenvalue weighted by Gasteiger charge is -2.36. The largest absolute Gasteiger partial charge is 0.383 e. The number of aromatic nitrogens is 2. The number of hydrogen-bond acceptors (Lipinski definition) is 5. The third-order valence-electron chi connectivity index (χ3n) is 8.17. The molecule has 0 bridgehead atoms. The van der Waals surface area contributed by atoms with Gasteiger partial charge in [0.2, 0.25) is 11.8 Å². The summed E-state index contributed by atoms with van der Waals surface area (Å²) in [5.74, 6) is -4.61. The van der Waals surface area contributed by atoms with Gasteiger partial charge in [-0.2, -0.15) is 5.10 Å². The number of alkyl halides is 2. The highest BCUT2D eigenvalue weighted by Gasteiger charge is 2.45. The van der Waals surface area contributed by atoms with Crippen LogP contribution in [0.2, 0.25) is 0 Å². The number of methoxy groups -OCH3 is 1. The van der Waals surface area contributed by atoms with Gasteiger partial charge in [-0.3, -0.25) is 9.59 Å². The molecule has 2 aliphatic rings. The number of fused-ring (bicyclic) bond motifs is 1. The van der Waals surface area contributed by atoms with Gasteiger partial charge in [0.1, 0.15) is 0 Å². The van der Waals surface area contributed by atoms with Crippen molar-refractivity contribution in [3.8, 4) is 5.69 Å². The third-order valence-corrected chi connectivity index (χ3v) is 8.17. The fourth-order valence-electron chi connectivity index (χ4n) is 5.91. The second kappa shape index (κ2) is 12.4. The molecule has 1 fully saturated rings. The van der Waals surface area contributed by atoms with Crippen LogP contribution >= 0.6 is 0 Å². The first kappa shape index (κ1) is 28.7. The Labute approximate surface area is 238 Å². The van der Waals surface area contributed by atoms with E-state index in [1.165, 1.54) is 5.56 Å². The fourth-order valence-corrected chi connectivity index (χ4v) is 5.91. The van der Waals surface area contributed by atoms with Crippen molar-refractivity contribution in [3.05, 3.63) is 77.6 Å². The van der Waals surface area contributed by atoms with Crippen molar-refractivity contribution in [1.82, 2.24) is 20.4 Å². The second-order valence-corrected chi connectivity index (χ2v) is 11.1. The van der Waals surface area contributed by atoms with Crippen LogP contribution in [0.1, 0.15) is 47.3 Å². The van der Waals surface area contributed by atoms with Gasteiger partial charge in [0.25, 0.3) is 5.91 Å². The maximum atomic E-state index is 14.4. The smallest absolute Gasteiger partial charge is 0.251 e. The van der Waals surface area contributed by atoms with Crippen LogP contribution in [0.5, 0.6) is 0 Å². The number of halogens is 2. The SMILES string of the molecule is COC[C@@H]1Nc2ccccc2C[C@@H]1CCNC(=O)[C@H]1CC(F)(F)CC[C@H]1NC(=O)c1ccc(-n2ccc(C)n2)cc1. The summed E-state index contributed by atoms with van der Waals surface area (Å²) in [6.07, 6.45) is 2.41. The minimum absolute atomic E-state index is 0.0285. The molecule has 3 aromatic rings. The number of nitrogens with one attached hydrogen (secondary N) is 3. The van der Waals surface area contributed by atoms with Crippen molar-refractivity contribution in [1.29, 1.82) is 0 Å². The molecule has 1 aliphatic carbocycles. The Morgan fingerprint density at radius 2 is 1.93 bits per heavy atom. The van der Waals surface area contributed by atoms with Crippen LogP contribution in [-0.4, -0.2) is 59.9 Å². The third kappa shape index (κ3) is 6.93. The number of aryl methyl sites for hydroxylation is 1. The highest BCUT2D eigenvalue weighted by atomic mass is 19.3. The van der Waals surface area contributed by atoms with Gasteiger partial charge >= 0.3 is 0 Å². The van der Waals surface area contributed by atoms with Gasteiger partial charge in [-0.1, -0.05) is 18.2 Å². The van der Waals surface area contributed by atoms with Crippen LogP contribution in [0.15, 0.2) is 60.8 Å². The van der Waals surface area contributed by atoms with Gasteiger partial charge < -0.3 is 20.7 Å². The van der Waals surface area contributed by atoms with Gasteiger partial charge in [0.05, 0.1) is 29.9 Å². The Kier molecular flexibility index (Phi) is 8.68. The highest BCUT2D eigenvalue weighted by Crippen LogP contribution is 2.37. The monoisotopic (exact) mass is 565 g/mol. The molecule has 0 spiro atoms. The zero-order chi connectivity index (χ0) is 29.0. The maximum absolute atomic E-state index is 14.4. The molecule has 10 heteroatoms. The summed E-state index contributed by atoms with van der Waals surface area (Å²) in [6, 6.07) is 16.3. The van der Waals surface area contributed by atoms with Crippen LogP contribution < -0.4 is 16.0 Å². The van der Waals surface area contributed by atoms with Gasteiger partial charge in [-0.25, -0.2) is 13.5 Å². The molecule has 5 rings (SSSR count). The number of para-hydroxylation sites is 1. The summed E-state index contributed by atoms with van der Waals surface area (Å²) in [7, 11) is 1.66. The minimum atomic E-state index is -2.95. The Morgan fingerprint density at radius 3 is 2.66 bits per heavy atom. The summed E-state index contributed by atoms with van der Waals surface area (Å²) < 4.78 is 36.0. The molecule has 3 N–H and O–H groups in total. The van der Waals surface area contributed by atoms with Crippen LogP contribution in [-0.2, 0) is 16.0 Å². The molecule has 1 aromatic heterocycles. The van der Waals surface area contributed by atoms with Gasteiger partial charge in [-0.05, 0) is 74.1 Å². The molecular formula is C31H37F2N5O3. The van der Waals surface area contributed by atoms with Crippen LogP contribution in [0.25, 0.3) is 5.69 Å². The van der Waals surface area contributed by atoms with E-state index < -0.39 is 36.1 Å². The molecule has 4 atom stereocenters. The molecule has 218 valence electrons. The van der Waals surface area contributed by atoms with E-state index >= 15 is 0 Å². The van der Waals surface area contributed by atoms with E-state index in [1.807, 2.05) is 37.4 Å². The number of rotatable bonds is 9. The molecule has 0 radical (unpaired) electrons. The average Bonchev–Trinajstić information content (AvgIpc) is 3.40. The van der Waals surface area contributed by atoms with Crippen molar-refractivity contribution in [2.24, 2.45) is 11.8 Å². The summed E-state index contributed by atoms with van der Waals surface area (Å²) in [4.78, 5) is 26.3. The van der Waals surface area contributed by atoms with E-state index in [1.54, 1.807) is 36.1 Å². The van der Waals surface area contributed by atoms with Gasteiger partial charge in [0, 0.05) is 50.0 Å². The number of amides is 2. The Morgan fingerprint density at radius 1 is 1.15 bits per heavy atom. The topological polar surface area (TPSA) is 97.3 Å². The quantitative estimate of drug-likeness (QED) is 0.355. The molecule has 1 saturated carbocycles. The maximum Gasteiger partial charge on any atom is 0.251 e. The molecule has 2 aromatic carbocycles. The van der Waals surface area contributed by atoms with Crippen molar-refractivity contribution in [2.75, 3.05) is 25.6 Å². The summed E-state index contributed by atoms with van der Waals surface area (Å²) in [5, 5.41) is 13.6. The molecule has 0 saturated heterocycles. The Bertz CT molecular complexity index is 1360. The number of carbonyl (C=O) groups excluding carboxylic acids is 2. The van der Waals surface area contributed by atoms with Crippen molar-refractivity contribution in [2.45, 2.75) is 57.0 Å². The van der Waals surface area contributed by atoms with Crippen molar-refractivity contribution < 1.29 is 23.1 Å². The van der Waals surface area contributed by atoms with E-state index in [9.17, 15) is 18.4 Å². The summed E-state index contributed by atoms with van der Waals surface area (Å²) in [5.41, 5.74) is 4.36. The minimum Gasteiger partial charge on any atom is -0.383 e. The molecule has 0 unspecified atom stereocenters. The van der Waals surface area contributed by atoms with E-state index in [0.717, 1.165) is 23.5 Å². The Hall–Kier alpha value is -3.79. The molecule has 8 nitrogen and oxygen atoms in total. The fraction of sp³-hybridized carbons (Fsp3) is 0.452. The van der Waals surface area contributed by atoms with Crippen molar-refractivity contribution in [3.63, 3.8) is 0 Å². The lowest BCUT2D eigenvalue weighted by molar-refractivity contribution is -0.134. The molecule has 41 heavy (non-hydrogen) atoms. The highest BCUT2D eigenvalue weighted by molar-refractivity contribution is 5.95. The number of ether oxygens (including phenoxy) is 1. The molecule has 2 amide bonds. The number of nitrogens with zero attached hydrogens (tertiary/aromatic N) is 2. The van der Waals surface area contributed by atoms with Crippen molar-refractivity contribution >= 4 is 17.5 Å². The molecule has 1 aliphatic heterocycles. The first-order chi connectivity index (χ1) is 19.7. The zero-order valence-electron chi connectivity index (χ0n) is 23.4. The summed E-state index contributed by atoms with van der Waals surface area (Å²) in [6.45, 7) is 2.77. The van der Waals surface area contributed by atoms with Crippen LogP contribution in [0.3, 0.4) is 0 Å². The first-order valence-corrected chi connectivity index (χ1v) is 14.1.